The molecule has 0 aromatic carbocycles. The van der Waals surface area contributed by atoms with Crippen LogP contribution in [0.2, 0.25) is 0 Å². The molecule has 1 N–H and O–H groups in total. The number of nitro groups is 2. The fraction of sp³-hybridized carbons (Fsp3) is 0.429. The molecule has 0 aromatic rings. The monoisotopic (exact) mass is 216 g/mol. The first-order valence-corrected chi connectivity index (χ1v) is 3.87. The first kappa shape index (κ1) is 11.3. The van der Waals surface area contributed by atoms with E-state index < -0.39 is 27.4 Å². The number of ether oxygens (including phenoxy) is 1. The fourth-order valence-corrected chi connectivity index (χ4v) is 1.20. The third-order valence-corrected chi connectivity index (χ3v) is 1.98. The minimum atomic E-state index is -2.59. The molecule has 0 aliphatic heterocycles. The maximum absolute atomic E-state index is 10.6. The van der Waals surface area contributed by atoms with Gasteiger partial charge in [0.2, 0.25) is 0 Å². The van der Waals surface area contributed by atoms with Crippen molar-refractivity contribution >= 4 is 0 Å². The Hall–Kier alpha value is -1.80. The summed E-state index contributed by atoms with van der Waals surface area (Å²) in [7, 11) is 1.16. The summed E-state index contributed by atoms with van der Waals surface area (Å²) in [5, 5.41) is 30.5. The Kier molecular flexibility index (Phi) is 2.82. The van der Waals surface area contributed by atoms with Crippen LogP contribution in [0.15, 0.2) is 23.9 Å². The number of rotatable bonds is 3. The smallest absolute Gasteiger partial charge is 0.367 e. The predicted octanol–water partition coefficient (Wildman–Crippen LogP) is -0.303. The third kappa shape index (κ3) is 1.85. The second kappa shape index (κ2) is 3.75. The van der Waals surface area contributed by atoms with Gasteiger partial charge in [-0.1, -0.05) is 0 Å². The summed E-state index contributed by atoms with van der Waals surface area (Å²) in [5.41, 5.74) is -3.13. The number of aliphatic hydroxyl groups is 1. The highest BCUT2D eigenvalue weighted by Crippen LogP contribution is 2.24. The van der Waals surface area contributed by atoms with Crippen molar-refractivity contribution in [2.75, 3.05) is 7.11 Å². The molecule has 0 saturated carbocycles. The predicted molar refractivity (Wildman–Crippen MR) is 47.0 cm³/mol. The minimum absolute atomic E-state index is 0.539. The van der Waals surface area contributed by atoms with E-state index in [4.69, 9.17) is 0 Å². The van der Waals surface area contributed by atoms with E-state index in [1.807, 2.05) is 0 Å². The Bertz CT molecular complexity index is 362. The van der Waals surface area contributed by atoms with Crippen LogP contribution in [0.25, 0.3) is 0 Å². The zero-order valence-corrected chi connectivity index (χ0v) is 7.69. The van der Waals surface area contributed by atoms with Crippen LogP contribution in [0.1, 0.15) is 0 Å². The average Bonchev–Trinajstić information content (AvgIpc) is 2.17. The summed E-state index contributed by atoms with van der Waals surface area (Å²) >= 11 is 0. The van der Waals surface area contributed by atoms with Crippen LogP contribution in [-0.2, 0) is 4.74 Å². The summed E-state index contributed by atoms with van der Waals surface area (Å²) < 4.78 is 4.65. The van der Waals surface area contributed by atoms with E-state index in [0.29, 0.717) is 6.08 Å². The molecule has 0 fully saturated rings. The first-order valence-electron chi connectivity index (χ1n) is 3.87. The molecule has 2 atom stereocenters. The highest BCUT2D eigenvalue weighted by Gasteiger charge is 2.50. The van der Waals surface area contributed by atoms with Crippen molar-refractivity contribution in [3.05, 3.63) is 44.2 Å². The van der Waals surface area contributed by atoms with Gasteiger partial charge in [0.1, 0.15) is 6.08 Å². The lowest BCUT2D eigenvalue weighted by atomic mass is 10.0. The molecule has 0 bridgehead atoms. The summed E-state index contributed by atoms with van der Waals surface area (Å²) in [6.45, 7) is 0. The van der Waals surface area contributed by atoms with Crippen molar-refractivity contribution in [1.29, 1.82) is 0 Å². The molecule has 82 valence electrons. The second-order valence-electron chi connectivity index (χ2n) is 2.88. The molecule has 0 saturated heterocycles. The second-order valence-corrected chi connectivity index (χ2v) is 2.88. The molecule has 0 aromatic heterocycles. The Balaban J connectivity index is 3.15. The van der Waals surface area contributed by atoms with Crippen LogP contribution in [0.5, 0.6) is 0 Å². The van der Waals surface area contributed by atoms with E-state index in [-0.39, 0.29) is 0 Å². The molecule has 1 aliphatic carbocycles. The molecule has 1 aliphatic rings. The van der Waals surface area contributed by atoms with E-state index in [1.54, 1.807) is 0 Å². The van der Waals surface area contributed by atoms with Gasteiger partial charge >= 0.3 is 5.72 Å². The molecule has 0 radical (unpaired) electrons. The van der Waals surface area contributed by atoms with Crippen LogP contribution < -0.4 is 0 Å². The van der Waals surface area contributed by atoms with Gasteiger partial charge in [-0.2, -0.15) is 0 Å². The van der Waals surface area contributed by atoms with Gasteiger partial charge in [-0.05, 0) is 6.08 Å². The maximum Gasteiger partial charge on any atom is 0.378 e. The van der Waals surface area contributed by atoms with Gasteiger partial charge in [0.25, 0.3) is 5.70 Å². The normalized spacial score (nSPS) is 29.7. The topological polar surface area (TPSA) is 116 Å². The standard InChI is InChI=1S/C7H8N2O6/c1-15-6-3-2-5(8(11)12)4-7(6,10)9(13)14/h2-4,6,10H,1H3. The van der Waals surface area contributed by atoms with Crippen LogP contribution in [0.3, 0.4) is 0 Å². The Morgan fingerprint density at radius 1 is 1.53 bits per heavy atom. The zero-order chi connectivity index (χ0) is 11.6. The molecule has 8 nitrogen and oxygen atoms in total. The first-order chi connectivity index (χ1) is 6.91. The van der Waals surface area contributed by atoms with Crippen molar-refractivity contribution < 1.29 is 19.7 Å². The van der Waals surface area contributed by atoms with Gasteiger partial charge < -0.3 is 9.84 Å². The van der Waals surface area contributed by atoms with Crippen molar-refractivity contribution in [3.63, 3.8) is 0 Å². The Morgan fingerprint density at radius 2 is 2.13 bits per heavy atom. The molecule has 15 heavy (non-hydrogen) atoms. The number of nitrogens with zero attached hydrogens (tertiary/aromatic N) is 2. The van der Waals surface area contributed by atoms with Gasteiger partial charge in [-0.3, -0.25) is 20.2 Å². The average molecular weight is 216 g/mol. The molecule has 0 amide bonds. The van der Waals surface area contributed by atoms with Crippen molar-refractivity contribution in [1.82, 2.24) is 0 Å². The number of allylic oxidation sites excluding steroid dienone is 1. The van der Waals surface area contributed by atoms with Gasteiger partial charge in [0.05, 0.1) is 9.85 Å². The molecular formula is C7H8N2O6. The van der Waals surface area contributed by atoms with Gasteiger partial charge in [-0.25, -0.2) is 0 Å². The van der Waals surface area contributed by atoms with E-state index >= 15 is 0 Å². The molecular weight excluding hydrogens is 208 g/mol. The highest BCUT2D eigenvalue weighted by molar-refractivity contribution is 5.24. The number of methoxy groups -OCH3 is 1. The van der Waals surface area contributed by atoms with Crippen molar-refractivity contribution in [2.24, 2.45) is 0 Å². The van der Waals surface area contributed by atoms with Gasteiger partial charge in [-0.15, -0.1) is 0 Å². The Morgan fingerprint density at radius 3 is 2.53 bits per heavy atom. The van der Waals surface area contributed by atoms with Crippen LogP contribution in [-0.4, -0.2) is 33.9 Å². The number of hydrogen-bond acceptors (Lipinski definition) is 6. The van der Waals surface area contributed by atoms with Crippen molar-refractivity contribution in [3.8, 4) is 0 Å². The largest absolute Gasteiger partial charge is 0.378 e. The minimum Gasteiger partial charge on any atom is -0.367 e. The maximum atomic E-state index is 10.6. The zero-order valence-electron chi connectivity index (χ0n) is 7.69. The van der Waals surface area contributed by atoms with Gasteiger partial charge in [0.15, 0.2) is 6.10 Å². The Labute approximate surface area is 83.8 Å². The lowest BCUT2D eigenvalue weighted by Gasteiger charge is -2.23. The summed E-state index contributed by atoms with van der Waals surface area (Å²) in [4.78, 5) is 19.1. The summed E-state index contributed by atoms with van der Waals surface area (Å²) in [6.07, 6.45) is 1.44. The van der Waals surface area contributed by atoms with E-state index in [0.717, 1.165) is 19.3 Å². The summed E-state index contributed by atoms with van der Waals surface area (Å²) in [6, 6.07) is 0. The van der Waals surface area contributed by atoms with Gasteiger partial charge in [0, 0.05) is 13.2 Å². The van der Waals surface area contributed by atoms with Crippen LogP contribution >= 0.6 is 0 Å². The molecule has 0 heterocycles. The molecule has 2 unspecified atom stereocenters. The fourth-order valence-electron chi connectivity index (χ4n) is 1.20. The number of hydrogen-bond donors (Lipinski definition) is 1. The van der Waals surface area contributed by atoms with E-state index in [2.05, 4.69) is 4.74 Å². The molecule has 1 rings (SSSR count). The van der Waals surface area contributed by atoms with Crippen molar-refractivity contribution in [2.45, 2.75) is 11.8 Å². The van der Waals surface area contributed by atoms with Crippen LogP contribution in [0, 0.1) is 20.2 Å². The van der Waals surface area contributed by atoms with Crippen LogP contribution in [0.4, 0.5) is 0 Å². The SMILES string of the molecule is COC1C=CC([N+](=O)[O-])=CC1(O)[N+](=O)[O-]. The molecule has 8 heteroatoms. The van der Waals surface area contributed by atoms with E-state index in [1.165, 1.54) is 0 Å². The highest BCUT2D eigenvalue weighted by atomic mass is 16.7. The molecule has 0 spiro atoms. The van der Waals surface area contributed by atoms with E-state index in [9.17, 15) is 25.3 Å². The lowest BCUT2D eigenvalue weighted by Crippen LogP contribution is -2.49. The quantitative estimate of drug-likeness (QED) is 0.393. The third-order valence-electron chi connectivity index (χ3n) is 1.98. The summed E-state index contributed by atoms with van der Waals surface area (Å²) in [5.74, 6) is 0. The lowest BCUT2D eigenvalue weighted by molar-refractivity contribution is -0.620.